The van der Waals surface area contributed by atoms with Gasteiger partial charge < -0.3 is 10.2 Å². The van der Waals surface area contributed by atoms with Gasteiger partial charge in [-0.2, -0.15) is 5.10 Å². The first-order valence-electron chi connectivity index (χ1n) is 10.8. The van der Waals surface area contributed by atoms with Gasteiger partial charge in [0.15, 0.2) is 0 Å². The van der Waals surface area contributed by atoms with Gasteiger partial charge in [-0.15, -0.1) is 0 Å². The quantitative estimate of drug-likeness (QED) is 0.849. The summed E-state index contributed by atoms with van der Waals surface area (Å²) in [7, 11) is 0. The van der Waals surface area contributed by atoms with Crippen molar-refractivity contribution in [3.8, 4) is 5.69 Å². The Morgan fingerprint density at radius 1 is 1.10 bits per heavy atom. The lowest BCUT2D eigenvalue weighted by molar-refractivity contribution is -0.134. The van der Waals surface area contributed by atoms with Gasteiger partial charge in [-0.1, -0.05) is 18.2 Å². The number of hydrogen-bond donors (Lipinski definition) is 1. The highest BCUT2D eigenvalue weighted by molar-refractivity contribution is 5.98. The van der Waals surface area contributed by atoms with Crippen LogP contribution in [0.2, 0.25) is 0 Å². The van der Waals surface area contributed by atoms with Crippen molar-refractivity contribution >= 4 is 11.8 Å². The van der Waals surface area contributed by atoms with Crippen molar-refractivity contribution < 1.29 is 9.59 Å². The molecule has 1 saturated heterocycles. The average molecular weight is 393 g/mol. The van der Waals surface area contributed by atoms with Crippen LogP contribution in [0.15, 0.2) is 36.5 Å². The minimum absolute atomic E-state index is 0.0253. The van der Waals surface area contributed by atoms with Gasteiger partial charge in [-0.05, 0) is 63.0 Å². The van der Waals surface area contributed by atoms with Crippen molar-refractivity contribution in [2.24, 2.45) is 5.41 Å². The number of nitrogens with one attached hydrogen (secondary N) is 1. The van der Waals surface area contributed by atoms with Crippen molar-refractivity contribution in [2.45, 2.75) is 57.4 Å². The molecule has 29 heavy (non-hydrogen) atoms. The number of benzene rings is 1. The van der Waals surface area contributed by atoms with Crippen molar-refractivity contribution in [3.63, 3.8) is 0 Å². The topological polar surface area (TPSA) is 67.2 Å². The zero-order valence-corrected chi connectivity index (χ0v) is 16.9. The maximum absolute atomic E-state index is 13.0. The molecule has 0 bridgehead atoms. The number of rotatable bonds is 5. The Morgan fingerprint density at radius 2 is 1.79 bits per heavy atom. The molecule has 1 spiro atoms. The third-order valence-electron chi connectivity index (χ3n) is 6.83. The second-order valence-electron chi connectivity index (χ2n) is 8.99. The molecule has 3 aliphatic rings. The number of nitrogens with zero attached hydrogens (tertiary/aromatic N) is 3. The molecule has 3 fully saturated rings. The monoisotopic (exact) mass is 392 g/mol. The molecule has 2 amide bonds. The molecule has 1 aliphatic heterocycles. The normalized spacial score (nSPS) is 21.1. The first kappa shape index (κ1) is 18.4. The molecule has 6 nitrogen and oxygen atoms in total. The van der Waals surface area contributed by atoms with E-state index >= 15 is 0 Å². The standard InChI is InChI=1S/C23H28N4O2/c1-16(22(29)26-13-11-23(9-10-23)12-14-26)25-21(28)19-15-24-27(20(19)17-7-8-17)18-5-3-2-4-6-18/h2-6,15-17H,7-14H2,1H3,(H,25,28)/t16-/m0/s1. The number of likely N-dealkylation sites (tertiary alicyclic amines) is 1. The van der Waals surface area contributed by atoms with Crippen LogP contribution < -0.4 is 5.32 Å². The van der Waals surface area contributed by atoms with Crippen LogP contribution >= 0.6 is 0 Å². The second-order valence-corrected chi connectivity index (χ2v) is 8.99. The molecular weight excluding hydrogens is 364 g/mol. The number of piperidine rings is 1. The highest BCUT2D eigenvalue weighted by Gasteiger charge is 2.45. The van der Waals surface area contributed by atoms with E-state index in [2.05, 4.69) is 10.4 Å². The van der Waals surface area contributed by atoms with Crippen molar-refractivity contribution in [1.29, 1.82) is 0 Å². The van der Waals surface area contributed by atoms with Crippen LogP contribution in [-0.2, 0) is 4.79 Å². The Kier molecular flexibility index (Phi) is 4.45. The third kappa shape index (κ3) is 3.56. The molecule has 2 aromatic rings. The summed E-state index contributed by atoms with van der Waals surface area (Å²) in [6.07, 6.45) is 8.63. The minimum Gasteiger partial charge on any atom is -0.341 e. The van der Waals surface area contributed by atoms with Gasteiger partial charge in [-0.25, -0.2) is 4.68 Å². The summed E-state index contributed by atoms with van der Waals surface area (Å²) in [6.45, 7) is 3.43. The summed E-state index contributed by atoms with van der Waals surface area (Å²) in [6, 6.07) is 9.38. The lowest BCUT2D eigenvalue weighted by atomic mass is 9.93. The molecule has 152 valence electrons. The summed E-state index contributed by atoms with van der Waals surface area (Å²) >= 11 is 0. The SMILES string of the molecule is C[C@H](NC(=O)c1cnn(-c2ccccc2)c1C1CC1)C(=O)N1CCC2(CC1)CC2. The highest BCUT2D eigenvalue weighted by atomic mass is 16.2. The fraction of sp³-hybridized carbons (Fsp3) is 0.522. The Bertz CT molecular complexity index is 918. The number of para-hydroxylation sites is 1. The van der Waals surface area contributed by atoms with Gasteiger partial charge in [0.25, 0.3) is 5.91 Å². The van der Waals surface area contributed by atoms with Crippen LogP contribution in [0.3, 0.4) is 0 Å². The number of carbonyl (C=O) groups excluding carboxylic acids is 2. The summed E-state index contributed by atoms with van der Waals surface area (Å²) in [5.74, 6) is 0.184. The minimum atomic E-state index is -0.525. The molecule has 1 N–H and O–H groups in total. The van der Waals surface area contributed by atoms with Gasteiger partial charge in [0, 0.05) is 19.0 Å². The van der Waals surface area contributed by atoms with Crippen LogP contribution in [0.25, 0.3) is 5.69 Å². The van der Waals surface area contributed by atoms with Crippen LogP contribution in [0, 0.1) is 5.41 Å². The van der Waals surface area contributed by atoms with E-state index in [1.54, 1.807) is 13.1 Å². The zero-order valence-electron chi connectivity index (χ0n) is 16.9. The number of carbonyl (C=O) groups is 2. The molecule has 1 aromatic carbocycles. The molecule has 1 atom stereocenters. The van der Waals surface area contributed by atoms with Gasteiger partial charge >= 0.3 is 0 Å². The second kappa shape index (κ2) is 7.01. The largest absolute Gasteiger partial charge is 0.341 e. The number of amides is 2. The maximum Gasteiger partial charge on any atom is 0.255 e. The van der Waals surface area contributed by atoms with Crippen LogP contribution in [0.1, 0.15) is 67.4 Å². The summed E-state index contributed by atoms with van der Waals surface area (Å²) in [5.41, 5.74) is 3.04. The van der Waals surface area contributed by atoms with E-state index in [9.17, 15) is 9.59 Å². The van der Waals surface area contributed by atoms with Crippen molar-refractivity contribution in [1.82, 2.24) is 20.0 Å². The van der Waals surface area contributed by atoms with Crippen LogP contribution in [0.5, 0.6) is 0 Å². The summed E-state index contributed by atoms with van der Waals surface area (Å²) < 4.78 is 1.87. The molecule has 0 radical (unpaired) electrons. The van der Waals surface area contributed by atoms with Gasteiger partial charge in [-0.3, -0.25) is 9.59 Å². The first-order chi connectivity index (χ1) is 14.1. The van der Waals surface area contributed by atoms with Gasteiger partial charge in [0.2, 0.25) is 5.91 Å². The molecular formula is C23H28N4O2. The van der Waals surface area contributed by atoms with Gasteiger partial charge in [0.1, 0.15) is 6.04 Å². The van der Waals surface area contributed by atoms with E-state index in [4.69, 9.17) is 0 Å². The van der Waals surface area contributed by atoms with E-state index in [0.29, 0.717) is 16.9 Å². The van der Waals surface area contributed by atoms with E-state index < -0.39 is 6.04 Å². The molecule has 6 heteroatoms. The highest BCUT2D eigenvalue weighted by Crippen LogP contribution is 2.53. The smallest absolute Gasteiger partial charge is 0.255 e. The lowest BCUT2D eigenvalue weighted by Crippen LogP contribution is -2.49. The van der Waals surface area contributed by atoms with E-state index in [1.165, 1.54) is 12.8 Å². The van der Waals surface area contributed by atoms with Crippen molar-refractivity contribution in [2.75, 3.05) is 13.1 Å². The van der Waals surface area contributed by atoms with E-state index in [1.807, 2.05) is 39.9 Å². The Morgan fingerprint density at radius 3 is 2.41 bits per heavy atom. The van der Waals surface area contributed by atoms with Crippen LogP contribution in [-0.4, -0.2) is 45.6 Å². The number of aromatic nitrogens is 2. The Hall–Kier alpha value is -2.63. The molecule has 2 aliphatic carbocycles. The molecule has 2 heterocycles. The molecule has 2 saturated carbocycles. The lowest BCUT2D eigenvalue weighted by Gasteiger charge is -2.33. The molecule has 0 unspecified atom stereocenters. The van der Waals surface area contributed by atoms with E-state index in [0.717, 1.165) is 50.2 Å². The van der Waals surface area contributed by atoms with E-state index in [-0.39, 0.29) is 11.8 Å². The fourth-order valence-electron chi connectivity index (χ4n) is 4.55. The summed E-state index contributed by atoms with van der Waals surface area (Å²) in [5, 5.41) is 7.43. The summed E-state index contributed by atoms with van der Waals surface area (Å²) in [4.78, 5) is 27.8. The predicted molar refractivity (Wildman–Crippen MR) is 110 cm³/mol. The average Bonchev–Trinajstić information content (AvgIpc) is 3.68. The third-order valence-corrected chi connectivity index (χ3v) is 6.83. The molecule has 5 rings (SSSR count). The zero-order chi connectivity index (χ0) is 20.0. The Balaban J connectivity index is 1.29. The van der Waals surface area contributed by atoms with Crippen LogP contribution in [0.4, 0.5) is 0 Å². The predicted octanol–water partition coefficient (Wildman–Crippen LogP) is 3.27. The van der Waals surface area contributed by atoms with Gasteiger partial charge in [0.05, 0.1) is 23.1 Å². The molecule has 1 aromatic heterocycles. The maximum atomic E-state index is 13.0. The first-order valence-corrected chi connectivity index (χ1v) is 10.8. The van der Waals surface area contributed by atoms with Crippen molar-refractivity contribution in [3.05, 3.63) is 47.8 Å². The number of hydrogen-bond acceptors (Lipinski definition) is 3. The Labute approximate surface area is 171 Å². The fourth-order valence-corrected chi connectivity index (χ4v) is 4.55.